The topological polar surface area (TPSA) is 77.8 Å². The van der Waals surface area contributed by atoms with E-state index in [0.29, 0.717) is 30.6 Å². The van der Waals surface area contributed by atoms with Crippen molar-refractivity contribution in [1.82, 2.24) is 15.1 Å². The van der Waals surface area contributed by atoms with Crippen LogP contribution in [0.2, 0.25) is 0 Å². The van der Waals surface area contributed by atoms with E-state index in [-0.39, 0.29) is 0 Å². The van der Waals surface area contributed by atoms with Gasteiger partial charge in [0.25, 0.3) is 0 Å². The number of rotatable bonds is 5. The van der Waals surface area contributed by atoms with E-state index in [1.165, 1.54) is 0 Å². The number of hydrogen-bond acceptors (Lipinski definition) is 6. The summed E-state index contributed by atoms with van der Waals surface area (Å²) >= 11 is 1.63. The fourth-order valence-electron chi connectivity index (χ4n) is 1.48. The Bertz CT molecular complexity index is 479. The molecule has 1 unspecified atom stereocenters. The Labute approximate surface area is 104 Å². The molecular formula is C11H16N4OS. The van der Waals surface area contributed by atoms with Gasteiger partial charge in [0, 0.05) is 11.8 Å². The van der Waals surface area contributed by atoms with Gasteiger partial charge in [0.2, 0.25) is 5.89 Å². The lowest BCUT2D eigenvalue weighted by molar-refractivity contribution is 0.356. The zero-order valence-corrected chi connectivity index (χ0v) is 10.8. The van der Waals surface area contributed by atoms with E-state index in [9.17, 15) is 0 Å². The van der Waals surface area contributed by atoms with Crippen LogP contribution in [0.5, 0.6) is 0 Å². The molecular weight excluding hydrogens is 236 g/mol. The number of nitrogens with two attached hydrogens (primary N) is 1. The first kappa shape index (κ1) is 12.2. The number of aromatic nitrogens is 3. The molecule has 2 N–H and O–H groups in total. The Morgan fingerprint density at radius 2 is 2.29 bits per heavy atom. The molecule has 0 radical (unpaired) electrons. The zero-order valence-electron chi connectivity index (χ0n) is 10.0. The Kier molecular flexibility index (Phi) is 3.86. The van der Waals surface area contributed by atoms with Gasteiger partial charge in [0.15, 0.2) is 5.82 Å². The van der Waals surface area contributed by atoms with Crippen molar-refractivity contribution >= 4 is 11.3 Å². The fraction of sp³-hybridized carbons (Fsp3) is 0.545. The van der Waals surface area contributed by atoms with Crippen LogP contribution < -0.4 is 5.73 Å². The van der Waals surface area contributed by atoms with Crippen molar-refractivity contribution in [3.8, 4) is 0 Å². The summed E-state index contributed by atoms with van der Waals surface area (Å²) in [6.45, 7) is 4.68. The SMILES string of the molecule is Cc1nc(Cc2noc(CC(C)CN)n2)cs1. The quantitative estimate of drug-likeness (QED) is 0.873. The molecule has 6 heteroatoms. The summed E-state index contributed by atoms with van der Waals surface area (Å²) in [5.74, 6) is 1.71. The lowest BCUT2D eigenvalue weighted by Gasteiger charge is -2.01. The summed E-state index contributed by atoms with van der Waals surface area (Å²) in [7, 11) is 0. The average Bonchev–Trinajstić information content (AvgIpc) is 2.89. The van der Waals surface area contributed by atoms with Crippen LogP contribution >= 0.6 is 11.3 Å². The zero-order chi connectivity index (χ0) is 12.3. The van der Waals surface area contributed by atoms with Crippen LogP contribution in [0.15, 0.2) is 9.90 Å². The summed E-state index contributed by atoms with van der Waals surface area (Å²) in [5.41, 5.74) is 6.55. The molecule has 1 atom stereocenters. The Balaban J connectivity index is 1.98. The molecule has 0 saturated carbocycles. The van der Waals surface area contributed by atoms with Gasteiger partial charge in [-0.2, -0.15) is 4.98 Å². The predicted octanol–water partition coefficient (Wildman–Crippen LogP) is 1.56. The standard InChI is InChI=1S/C11H16N4OS/c1-7(5-12)3-11-14-10(15-16-11)4-9-6-17-8(2)13-9/h6-7H,3-5,12H2,1-2H3. The third kappa shape index (κ3) is 3.34. The predicted molar refractivity (Wildman–Crippen MR) is 65.9 cm³/mol. The summed E-state index contributed by atoms with van der Waals surface area (Å²) in [6.07, 6.45) is 1.37. The van der Waals surface area contributed by atoms with E-state index in [2.05, 4.69) is 22.0 Å². The highest BCUT2D eigenvalue weighted by molar-refractivity contribution is 7.09. The van der Waals surface area contributed by atoms with Crippen molar-refractivity contribution in [3.63, 3.8) is 0 Å². The van der Waals surface area contributed by atoms with Gasteiger partial charge in [0.1, 0.15) is 0 Å². The van der Waals surface area contributed by atoms with Crippen molar-refractivity contribution in [2.45, 2.75) is 26.7 Å². The molecule has 0 aliphatic heterocycles. The normalized spacial score (nSPS) is 12.9. The minimum Gasteiger partial charge on any atom is -0.339 e. The van der Waals surface area contributed by atoms with Crippen LogP contribution in [-0.4, -0.2) is 21.7 Å². The molecule has 2 heterocycles. The van der Waals surface area contributed by atoms with Crippen LogP contribution in [0, 0.1) is 12.8 Å². The fourth-order valence-corrected chi connectivity index (χ4v) is 2.09. The first-order valence-corrected chi connectivity index (χ1v) is 6.48. The summed E-state index contributed by atoms with van der Waals surface area (Å²) < 4.78 is 5.18. The molecule has 0 aromatic carbocycles. The average molecular weight is 252 g/mol. The number of hydrogen-bond donors (Lipinski definition) is 1. The molecule has 17 heavy (non-hydrogen) atoms. The van der Waals surface area contributed by atoms with Crippen LogP contribution in [0.3, 0.4) is 0 Å². The molecule has 0 saturated heterocycles. The molecule has 2 aromatic rings. The molecule has 0 bridgehead atoms. The minimum atomic E-state index is 0.366. The largest absolute Gasteiger partial charge is 0.339 e. The smallest absolute Gasteiger partial charge is 0.226 e. The number of thiazole rings is 1. The lowest BCUT2D eigenvalue weighted by Crippen LogP contribution is -2.13. The van der Waals surface area contributed by atoms with E-state index in [1.54, 1.807) is 11.3 Å². The molecule has 0 spiro atoms. The molecule has 2 aromatic heterocycles. The van der Waals surface area contributed by atoms with Gasteiger partial charge in [-0.25, -0.2) is 4.98 Å². The molecule has 5 nitrogen and oxygen atoms in total. The van der Waals surface area contributed by atoms with E-state index < -0.39 is 0 Å². The lowest BCUT2D eigenvalue weighted by atomic mass is 10.1. The van der Waals surface area contributed by atoms with Crippen molar-refractivity contribution in [3.05, 3.63) is 27.8 Å². The molecule has 2 rings (SSSR count). The van der Waals surface area contributed by atoms with Crippen LogP contribution in [-0.2, 0) is 12.8 Å². The van der Waals surface area contributed by atoms with Gasteiger partial charge in [-0.1, -0.05) is 12.1 Å². The maximum absolute atomic E-state index is 5.55. The van der Waals surface area contributed by atoms with E-state index in [4.69, 9.17) is 10.3 Å². The third-order valence-electron chi connectivity index (χ3n) is 2.44. The van der Waals surface area contributed by atoms with Crippen molar-refractivity contribution in [2.24, 2.45) is 11.7 Å². The summed E-state index contributed by atoms with van der Waals surface area (Å²) in [4.78, 5) is 8.70. The second-order valence-electron chi connectivity index (χ2n) is 4.18. The third-order valence-corrected chi connectivity index (χ3v) is 3.26. The molecule has 0 fully saturated rings. The van der Waals surface area contributed by atoms with Gasteiger partial charge >= 0.3 is 0 Å². The maximum atomic E-state index is 5.55. The first-order chi connectivity index (χ1) is 8.17. The minimum absolute atomic E-state index is 0.366. The van der Waals surface area contributed by atoms with E-state index in [0.717, 1.165) is 17.1 Å². The van der Waals surface area contributed by atoms with Crippen molar-refractivity contribution < 1.29 is 4.52 Å². The maximum Gasteiger partial charge on any atom is 0.226 e. The van der Waals surface area contributed by atoms with Gasteiger partial charge in [-0.05, 0) is 19.4 Å². The van der Waals surface area contributed by atoms with Gasteiger partial charge in [-0.15, -0.1) is 11.3 Å². The monoisotopic (exact) mass is 252 g/mol. The van der Waals surface area contributed by atoms with Crippen LogP contribution in [0.25, 0.3) is 0 Å². The molecule has 92 valence electrons. The summed E-state index contributed by atoms with van der Waals surface area (Å²) in [5, 5.41) is 7.02. The van der Waals surface area contributed by atoms with Gasteiger partial charge in [0.05, 0.1) is 17.1 Å². The van der Waals surface area contributed by atoms with Gasteiger partial charge < -0.3 is 10.3 Å². The Morgan fingerprint density at radius 3 is 2.94 bits per heavy atom. The highest BCUT2D eigenvalue weighted by Crippen LogP contribution is 2.12. The Morgan fingerprint density at radius 1 is 1.47 bits per heavy atom. The van der Waals surface area contributed by atoms with E-state index in [1.807, 2.05) is 12.3 Å². The second-order valence-corrected chi connectivity index (χ2v) is 5.25. The second kappa shape index (κ2) is 5.37. The van der Waals surface area contributed by atoms with E-state index >= 15 is 0 Å². The van der Waals surface area contributed by atoms with Crippen LogP contribution in [0.4, 0.5) is 0 Å². The van der Waals surface area contributed by atoms with Crippen molar-refractivity contribution in [2.75, 3.05) is 6.54 Å². The van der Waals surface area contributed by atoms with Gasteiger partial charge in [-0.3, -0.25) is 0 Å². The van der Waals surface area contributed by atoms with Crippen LogP contribution in [0.1, 0.15) is 29.3 Å². The number of aryl methyl sites for hydroxylation is 1. The first-order valence-electron chi connectivity index (χ1n) is 5.60. The molecule has 0 aliphatic carbocycles. The molecule has 0 amide bonds. The summed E-state index contributed by atoms with van der Waals surface area (Å²) in [6, 6.07) is 0. The molecule has 0 aliphatic rings. The van der Waals surface area contributed by atoms with Crippen molar-refractivity contribution in [1.29, 1.82) is 0 Å². The highest BCUT2D eigenvalue weighted by Gasteiger charge is 2.11. The number of nitrogens with zero attached hydrogens (tertiary/aromatic N) is 3. The Hall–Kier alpha value is -1.27. The highest BCUT2D eigenvalue weighted by atomic mass is 32.1.